The highest BCUT2D eigenvalue weighted by Crippen LogP contribution is 2.38. The van der Waals surface area contributed by atoms with Gasteiger partial charge in [0.1, 0.15) is 13.2 Å². The molecule has 0 atom stereocenters. The predicted molar refractivity (Wildman–Crippen MR) is 95.2 cm³/mol. The zero-order valence-corrected chi connectivity index (χ0v) is 14.7. The quantitative estimate of drug-likeness (QED) is 0.855. The van der Waals surface area contributed by atoms with Crippen molar-refractivity contribution >= 4 is 40.7 Å². The molecule has 1 heterocycles. The van der Waals surface area contributed by atoms with Crippen molar-refractivity contribution in [3.05, 3.63) is 51.5 Å². The molecule has 25 heavy (non-hydrogen) atoms. The summed E-state index contributed by atoms with van der Waals surface area (Å²) in [5.41, 5.74) is 1.01. The lowest BCUT2D eigenvalue weighted by molar-refractivity contribution is 0.0961. The Kier molecular flexibility index (Phi) is 5.01. The van der Waals surface area contributed by atoms with E-state index in [0.29, 0.717) is 46.0 Å². The number of hydrogen-bond donors (Lipinski definition) is 2. The molecule has 0 saturated carbocycles. The van der Waals surface area contributed by atoms with E-state index in [2.05, 4.69) is 10.6 Å². The van der Waals surface area contributed by atoms with Gasteiger partial charge in [-0.15, -0.1) is 0 Å². The molecule has 2 aromatic rings. The van der Waals surface area contributed by atoms with Crippen LogP contribution in [0.4, 0.5) is 5.69 Å². The number of carbonyl (C=O) groups is 2. The first-order valence-electron chi connectivity index (χ1n) is 7.41. The minimum Gasteiger partial charge on any atom is -0.486 e. The van der Waals surface area contributed by atoms with Crippen LogP contribution in [0, 0.1) is 0 Å². The summed E-state index contributed by atoms with van der Waals surface area (Å²) in [6.07, 6.45) is 0. The Bertz CT molecular complexity index is 855. The Balaban J connectivity index is 1.85. The number of amides is 2. The summed E-state index contributed by atoms with van der Waals surface area (Å²) in [6.45, 7) is 0.798. The summed E-state index contributed by atoms with van der Waals surface area (Å²) in [4.78, 5) is 24.3. The maximum Gasteiger partial charge on any atom is 0.255 e. The smallest absolute Gasteiger partial charge is 0.255 e. The number of carbonyl (C=O) groups excluding carboxylic acids is 2. The number of nitrogens with one attached hydrogen (secondary N) is 2. The van der Waals surface area contributed by atoms with E-state index in [1.807, 2.05) is 0 Å². The number of hydrogen-bond acceptors (Lipinski definition) is 4. The number of fused-ring (bicyclic) bond motifs is 1. The Hall–Kier alpha value is -2.44. The zero-order valence-electron chi connectivity index (χ0n) is 13.2. The molecule has 0 spiro atoms. The second-order valence-corrected chi connectivity index (χ2v) is 6.02. The van der Waals surface area contributed by atoms with Crippen molar-refractivity contribution < 1.29 is 19.1 Å². The van der Waals surface area contributed by atoms with Crippen molar-refractivity contribution in [2.24, 2.45) is 0 Å². The van der Waals surface area contributed by atoms with Gasteiger partial charge < -0.3 is 20.1 Å². The lowest BCUT2D eigenvalue weighted by Gasteiger charge is -2.20. The van der Waals surface area contributed by atoms with E-state index in [1.165, 1.54) is 19.2 Å². The van der Waals surface area contributed by atoms with Gasteiger partial charge >= 0.3 is 0 Å². The van der Waals surface area contributed by atoms with Gasteiger partial charge in [0.05, 0.1) is 15.6 Å². The van der Waals surface area contributed by atoms with Crippen molar-refractivity contribution in [2.45, 2.75) is 0 Å². The maximum atomic E-state index is 12.5. The van der Waals surface area contributed by atoms with E-state index >= 15 is 0 Å². The van der Waals surface area contributed by atoms with Gasteiger partial charge in [0.15, 0.2) is 11.5 Å². The van der Waals surface area contributed by atoms with E-state index in [-0.39, 0.29) is 11.5 Å². The van der Waals surface area contributed by atoms with Gasteiger partial charge in [0.2, 0.25) is 0 Å². The molecule has 3 rings (SSSR count). The molecule has 6 nitrogen and oxygen atoms in total. The average Bonchev–Trinajstić information content (AvgIpc) is 2.62. The first kappa shape index (κ1) is 17.4. The molecule has 2 aromatic carbocycles. The fourth-order valence-corrected chi connectivity index (χ4v) is 2.83. The van der Waals surface area contributed by atoms with Gasteiger partial charge in [0.25, 0.3) is 11.8 Å². The molecular weight excluding hydrogens is 367 g/mol. The summed E-state index contributed by atoms with van der Waals surface area (Å²) in [5.74, 6) is 0.108. The molecule has 8 heteroatoms. The lowest BCUT2D eigenvalue weighted by atomic mass is 10.1. The fourth-order valence-electron chi connectivity index (χ4n) is 2.36. The molecule has 0 radical (unpaired) electrons. The third-order valence-corrected chi connectivity index (χ3v) is 4.17. The van der Waals surface area contributed by atoms with Crippen molar-refractivity contribution in [1.29, 1.82) is 0 Å². The Morgan fingerprint density at radius 3 is 2.52 bits per heavy atom. The van der Waals surface area contributed by atoms with Gasteiger partial charge in [-0.3, -0.25) is 9.59 Å². The van der Waals surface area contributed by atoms with Crippen LogP contribution in [0.1, 0.15) is 20.7 Å². The molecule has 1 aliphatic heterocycles. The van der Waals surface area contributed by atoms with E-state index < -0.39 is 5.91 Å². The third kappa shape index (κ3) is 3.65. The van der Waals surface area contributed by atoms with E-state index in [0.717, 1.165) is 0 Å². The minimum atomic E-state index is -0.399. The number of halogens is 2. The van der Waals surface area contributed by atoms with Gasteiger partial charge in [-0.05, 0) is 30.3 Å². The summed E-state index contributed by atoms with van der Waals surface area (Å²) in [6, 6.07) is 7.70. The van der Waals surface area contributed by atoms with Crippen molar-refractivity contribution in [3.63, 3.8) is 0 Å². The van der Waals surface area contributed by atoms with Gasteiger partial charge in [-0.2, -0.15) is 0 Å². The second kappa shape index (κ2) is 7.21. The Labute approximate surface area is 154 Å². The van der Waals surface area contributed by atoms with Crippen LogP contribution in [0.2, 0.25) is 10.0 Å². The van der Waals surface area contributed by atoms with Gasteiger partial charge in [0, 0.05) is 18.3 Å². The Morgan fingerprint density at radius 2 is 1.76 bits per heavy atom. The molecule has 0 fully saturated rings. The Morgan fingerprint density at radius 1 is 1.00 bits per heavy atom. The molecule has 0 saturated heterocycles. The van der Waals surface area contributed by atoms with Crippen molar-refractivity contribution in [1.82, 2.24) is 5.32 Å². The van der Waals surface area contributed by atoms with E-state index in [1.54, 1.807) is 18.2 Å². The van der Waals surface area contributed by atoms with E-state index in [4.69, 9.17) is 32.7 Å². The molecule has 130 valence electrons. The lowest BCUT2D eigenvalue weighted by Crippen LogP contribution is -2.19. The van der Waals surface area contributed by atoms with Crippen LogP contribution in [0.25, 0.3) is 0 Å². The van der Waals surface area contributed by atoms with Gasteiger partial charge in [-0.25, -0.2) is 0 Å². The monoisotopic (exact) mass is 380 g/mol. The van der Waals surface area contributed by atoms with Crippen LogP contribution in [-0.4, -0.2) is 32.1 Å². The van der Waals surface area contributed by atoms with Crippen LogP contribution < -0.4 is 20.1 Å². The van der Waals surface area contributed by atoms with Crippen LogP contribution in [-0.2, 0) is 0 Å². The predicted octanol–water partition coefficient (Wildman–Crippen LogP) is 3.38. The highest BCUT2D eigenvalue weighted by molar-refractivity contribution is 6.34. The summed E-state index contributed by atoms with van der Waals surface area (Å²) in [7, 11) is 1.50. The molecule has 0 aliphatic carbocycles. The molecule has 2 N–H and O–H groups in total. The molecule has 0 unspecified atom stereocenters. The fraction of sp³-hybridized carbons (Fsp3) is 0.176. The second-order valence-electron chi connectivity index (χ2n) is 5.21. The molecular formula is C17H14Cl2N2O4. The number of ether oxygens (including phenoxy) is 2. The first-order chi connectivity index (χ1) is 12.0. The maximum absolute atomic E-state index is 12.5. The summed E-state index contributed by atoms with van der Waals surface area (Å²) >= 11 is 12.1. The minimum absolute atomic E-state index is 0.266. The topological polar surface area (TPSA) is 76.7 Å². The van der Waals surface area contributed by atoms with Crippen molar-refractivity contribution in [3.8, 4) is 11.5 Å². The number of anilines is 1. The SMILES string of the molecule is CNC(=O)c1cc(NC(=O)c2cc(Cl)c3c(c2)OCCO3)ccc1Cl. The van der Waals surface area contributed by atoms with Gasteiger partial charge in [-0.1, -0.05) is 23.2 Å². The average molecular weight is 381 g/mol. The van der Waals surface area contributed by atoms with Crippen LogP contribution in [0.5, 0.6) is 11.5 Å². The van der Waals surface area contributed by atoms with Crippen molar-refractivity contribution in [2.75, 3.05) is 25.6 Å². The third-order valence-electron chi connectivity index (χ3n) is 3.55. The summed E-state index contributed by atoms with van der Waals surface area (Å²) < 4.78 is 10.9. The number of rotatable bonds is 3. The number of benzene rings is 2. The first-order valence-corrected chi connectivity index (χ1v) is 8.17. The molecule has 1 aliphatic rings. The summed E-state index contributed by atoms with van der Waals surface area (Å²) in [5, 5.41) is 5.79. The van der Waals surface area contributed by atoms with Crippen LogP contribution in [0.15, 0.2) is 30.3 Å². The molecule has 2 amide bonds. The standard InChI is InChI=1S/C17H14Cl2N2O4/c1-20-17(23)11-8-10(2-3-12(11)18)21-16(22)9-6-13(19)15-14(7-9)24-4-5-25-15/h2-3,6-8H,4-5H2,1H3,(H,20,23)(H,21,22). The highest BCUT2D eigenvalue weighted by atomic mass is 35.5. The van der Waals surface area contributed by atoms with Crippen LogP contribution >= 0.6 is 23.2 Å². The highest BCUT2D eigenvalue weighted by Gasteiger charge is 2.20. The molecule has 0 aromatic heterocycles. The normalized spacial score (nSPS) is 12.4. The largest absolute Gasteiger partial charge is 0.486 e. The van der Waals surface area contributed by atoms with Crippen LogP contribution in [0.3, 0.4) is 0 Å². The zero-order chi connectivity index (χ0) is 18.0. The molecule has 0 bridgehead atoms. The van der Waals surface area contributed by atoms with E-state index in [9.17, 15) is 9.59 Å².